The Balaban J connectivity index is 2.30. The molecular formula is C15H19N3OS2. The van der Waals surface area contributed by atoms with Crippen molar-refractivity contribution in [2.24, 2.45) is 11.1 Å². The lowest BCUT2D eigenvalue weighted by atomic mass is 9.81. The maximum absolute atomic E-state index is 12.6. The van der Waals surface area contributed by atoms with Crippen molar-refractivity contribution >= 4 is 49.8 Å². The molecule has 4 nitrogen and oxygen atoms in total. The van der Waals surface area contributed by atoms with E-state index < -0.39 is 5.41 Å². The van der Waals surface area contributed by atoms with Crippen molar-refractivity contribution in [3.63, 3.8) is 0 Å². The first kappa shape index (κ1) is 15.9. The lowest BCUT2D eigenvalue weighted by Gasteiger charge is -2.28. The Morgan fingerprint density at radius 3 is 2.67 bits per heavy atom. The summed E-state index contributed by atoms with van der Waals surface area (Å²) in [4.78, 5) is 17.2. The van der Waals surface area contributed by atoms with E-state index in [0.29, 0.717) is 18.0 Å². The number of fused-ring (bicyclic) bond motifs is 1. The van der Waals surface area contributed by atoms with E-state index in [9.17, 15) is 4.79 Å². The number of nitrogens with zero attached hydrogens (tertiary/aromatic N) is 1. The number of hydrogen-bond donors (Lipinski definition) is 2. The predicted molar refractivity (Wildman–Crippen MR) is 92.8 cm³/mol. The van der Waals surface area contributed by atoms with Gasteiger partial charge < -0.3 is 11.1 Å². The molecule has 2 rings (SSSR count). The van der Waals surface area contributed by atoms with Crippen molar-refractivity contribution in [2.75, 3.05) is 5.32 Å². The summed E-state index contributed by atoms with van der Waals surface area (Å²) < 4.78 is 1.05. The van der Waals surface area contributed by atoms with Crippen LogP contribution in [0.5, 0.6) is 0 Å². The molecule has 0 spiro atoms. The minimum absolute atomic E-state index is 0.171. The zero-order chi connectivity index (χ0) is 15.6. The van der Waals surface area contributed by atoms with Gasteiger partial charge in [0.05, 0.1) is 20.6 Å². The van der Waals surface area contributed by atoms with Crippen LogP contribution in [0.3, 0.4) is 0 Å². The molecule has 0 atom stereocenters. The lowest BCUT2D eigenvalue weighted by Crippen LogP contribution is -2.45. The van der Waals surface area contributed by atoms with E-state index in [4.69, 9.17) is 18.0 Å². The van der Waals surface area contributed by atoms with Crippen molar-refractivity contribution in [1.82, 2.24) is 4.98 Å². The highest BCUT2D eigenvalue weighted by Crippen LogP contribution is 2.31. The number of rotatable bonds is 5. The summed E-state index contributed by atoms with van der Waals surface area (Å²) in [6.07, 6.45) is 1.16. The molecule has 1 heterocycles. The number of thiocarbonyl (C=S) groups is 1. The Morgan fingerprint density at radius 1 is 1.43 bits per heavy atom. The second-order valence-electron chi connectivity index (χ2n) is 5.10. The van der Waals surface area contributed by atoms with Gasteiger partial charge in [-0.25, -0.2) is 4.98 Å². The molecule has 0 aliphatic rings. The number of aromatic nitrogens is 1. The molecule has 0 aliphatic carbocycles. The van der Waals surface area contributed by atoms with E-state index in [-0.39, 0.29) is 10.9 Å². The monoisotopic (exact) mass is 321 g/mol. The number of nitrogens with one attached hydrogen (secondary N) is 1. The molecule has 0 bridgehead atoms. The summed E-state index contributed by atoms with van der Waals surface area (Å²) in [5.74, 6) is -0.171. The van der Waals surface area contributed by atoms with Crippen LogP contribution in [0.2, 0.25) is 0 Å². The van der Waals surface area contributed by atoms with Crippen LogP contribution < -0.4 is 11.1 Å². The van der Waals surface area contributed by atoms with Crippen molar-refractivity contribution in [2.45, 2.75) is 33.6 Å². The Morgan fingerprint density at radius 2 is 2.10 bits per heavy atom. The summed E-state index contributed by atoms with van der Waals surface area (Å²) in [7, 11) is 0. The largest absolute Gasteiger partial charge is 0.392 e. The summed E-state index contributed by atoms with van der Waals surface area (Å²) in [6.45, 7) is 5.87. The van der Waals surface area contributed by atoms with Crippen molar-refractivity contribution < 1.29 is 4.79 Å². The maximum Gasteiger partial charge on any atom is 0.239 e. The molecule has 1 aromatic carbocycles. The molecule has 0 radical (unpaired) electrons. The van der Waals surface area contributed by atoms with Gasteiger partial charge in [0.1, 0.15) is 0 Å². The van der Waals surface area contributed by atoms with Crippen LogP contribution in [-0.4, -0.2) is 15.9 Å². The number of nitrogens with two attached hydrogens (primary N) is 1. The van der Waals surface area contributed by atoms with Gasteiger partial charge in [0.15, 0.2) is 5.13 Å². The van der Waals surface area contributed by atoms with Gasteiger partial charge in [-0.3, -0.25) is 4.79 Å². The third kappa shape index (κ3) is 2.91. The number of thiazole rings is 1. The number of benzene rings is 1. The molecule has 1 aromatic heterocycles. The van der Waals surface area contributed by atoms with Crippen LogP contribution >= 0.6 is 23.6 Å². The smallest absolute Gasteiger partial charge is 0.239 e. The van der Waals surface area contributed by atoms with Gasteiger partial charge in [-0.15, -0.1) is 0 Å². The fourth-order valence-corrected chi connectivity index (χ4v) is 3.67. The quantitative estimate of drug-likeness (QED) is 0.825. The van der Waals surface area contributed by atoms with Gasteiger partial charge in [-0.05, 0) is 37.5 Å². The number of carbonyl (C=O) groups is 1. The highest BCUT2D eigenvalue weighted by atomic mass is 32.1. The van der Waals surface area contributed by atoms with E-state index in [1.807, 2.05) is 32.9 Å². The molecule has 21 heavy (non-hydrogen) atoms. The normalized spacial score (nSPS) is 11.6. The SMILES string of the molecule is CCC(CC)(C(=O)Nc1nc2ccc(C)cc2s1)C(N)=S. The first-order valence-corrected chi connectivity index (χ1v) is 8.14. The van der Waals surface area contributed by atoms with Gasteiger partial charge in [-0.2, -0.15) is 0 Å². The van der Waals surface area contributed by atoms with E-state index in [1.165, 1.54) is 16.9 Å². The van der Waals surface area contributed by atoms with Gasteiger partial charge in [-0.1, -0.05) is 43.5 Å². The van der Waals surface area contributed by atoms with E-state index in [1.54, 1.807) is 0 Å². The van der Waals surface area contributed by atoms with Crippen molar-refractivity contribution in [3.8, 4) is 0 Å². The second kappa shape index (κ2) is 6.07. The average molecular weight is 321 g/mol. The van der Waals surface area contributed by atoms with Crippen molar-refractivity contribution in [1.29, 1.82) is 0 Å². The highest BCUT2D eigenvalue weighted by Gasteiger charge is 2.38. The zero-order valence-electron chi connectivity index (χ0n) is 12.4. The fourth-order valence-electron chi connectivity index (χ4n) is 2.33. The van der Waals surface area contributed by atoms with Crippen LogP contribution in [0.1, 0.15) is 32.3 Å². The lowest BCUT2D eigenvalue weighted by molar-refractivity contribution is -0.122. The minimum atomic E-state index is -0.802. The van der Waals surface area contributed by atoms with Crippen LogP contribution in [0.15, 0.2) is 18.2 Å². The first-order chi connectivity index (χ1) is 9.92. The maximum atomic E-state index is 12.6. The molecule has 0 saturated carbocycles. The average Bonchev–Trinajstić information content (AvgIpc) is 2.81. The van der Waals surface area contributed by atoms with Crippen LogP contribution in [0.4, 0.5) is 5.13 Å². The Bertz CT molecular complexity index is 689. The molecule has 2 aromatic rings. The number of aryl methyl sites for hydroxylation is 1. The molecule has 1 amide bonds. The van der Waals surface area contributed by atoms with Crippen LogP contribution in [0.25, 0.3) is 10.2 Å². The molecule has 3 N–H and O–H groups in total. The minimum Gasteiger partial charge on any atom is -0.392 e. The van der Waals surface area contributed by atoms with Gasteiger partial charge >= 0.3 is 0 Å². The molecule has 0 fully saturated rings. The van der Waals surface area contributed by atoms with Crippen molar-refractivity contribution in [3.05, 3.63) is 23.8 Å². The molecule has 0 unspecified atom stereocenters. The summed E-state index contributed by atoms with van der Waals surface area (Å²) in [5, 5.41) is 3.46. The Labute approximate surface area is 133 Å². The van der Waals surface area contributed by atoms with Gasteiger partial charge in [0, 0.05) is 0 Å². The summed E-state index contributed by atoms with van der Waals surface area (Å²) >= 11 is 6.56. The summed E-state index contributed by atoms with van der Waals surface area (Å²) in [5.41, 5.74) is 7.05. The standard InChI is InChI=1S/C15H19N3OS2/c1-4-15(5-2,12(16)20)13(19)18-14-17-10-7-6-9(3)8-11(10)21-14/h6-8H,4-5H2,1-3H3,(H2,16,20)(H,17,18,19). The second-order valence-corrected chi connectivity index (χ2v) is 6.57. The third-order valence-electron chi connectivity index (χ3n) is 3.88. The van der Waals surface area contributed by atoms with Gasteiger partial charge in [0.2, 0.25) is 5.91 Å². The third-order valence-corrected chi connectivity index (χ3v) is 5.20. The van der Waals surface area contributed by atoms with Crippen LogP contribution in [-0.2, 0) is 4.79 Å². The number of anilines is 1. The van der Waals surface area contributed by atoms with E-state index in [0.717, 1.165) is 10.2 Å². The predicted octanol–water partition coefficient (Wildman–Crippen LogP) is 3.64. The molecule has 6 heteroatoms. The Kier molecular flexibility index (Phi) is 4.58. The number of carbonyl (C=O) groups excluding carboxylic acids is 1. The highest BCUT2D eigenvalue weighted by molar-refractivity contribution is 7.80. The zero-order valence-corrected chi connectivity index (χ0v) is 14.0. The summed E-state index contributed by atoms with van der Waals surface area (Å²) in [6, 6.07) is 6.02. The van der Waals surface area contributed by atoms with Crippen LogP contribution in [0, 0.1) is 12.3 Å². The van der Waals surface area contributed by atoms with E-state index >= 15 is 0 Å². The first-order valence-electron chi connectivity index (χ1n) is 6.91. The molecule has 0 aliphatic heterocycles. The molecule has 0 saturated heterocycles. The van der Waals surface area contributed by atoms with Gasteiger partial charge in [0.25, 0.3) is 0 Å². The Hall–Kier alpha value is -1.53. The molecular weight excluding hydrogens is 302 g/mol. The number of hydrogen-bond acceptors (Lipinski definition) is 4. The van der Waals surface area contributed by atoms with E-state index in [2.05, 4.69) is 16.4 Å². The topological polar surface area (TPSA) is 68.0 Å². The molecule has 112 valence electrons. The number of amides is 1. The fraction of sp³-hybridized carbons (Fsp3) is 0.400.